The van der Waals surface area contributed by atoms with Gasteiger partial charge in [0.05, 0.1) is 7.11 Å². The molecule has 0 spiro atoms. The monoisotopic (exact) mass is 295 g/mol. The third kappa shape index (κ3) is 7.34. The van der Waals surface area contributed by atoms with Crippen LogP contribution in [0.3, 0.4) is 0 Å². The van der Waals surface area contributed by atoms with Gasteiger partial charge in [0.15, 0.2) is 0 Å². The molecule has 4 nitrogen and oxygen atoms in total. The van der Waals surface area contributed by atoms with E-state index in [1.165, 1.54) is 6.42 Å². The molecule has 0 aliphatic carbocycles. The van der Waals surface area contributed by atoms with Gasteiger partial charge in [-0.1, -0.05) is 26.3 Å². The fourth-order valence-electron chi connectivity index (χ4n) is 2.13. The number of aliphatic hydroxyl groups excluding tert-OH is 1. The topological polar surface area (TPSA) is 50.7 Å². The zero-order valence-electron chi connectivity index (χ0n) is 13.6. The van der Waals surface area contributed by atoms with Crippen LogP contribution in [0.4, 0.5) is 0 Å². The summed E-state index contributed by atoms with van der Waals surface area (Å²) in [6.45, 7) is 7.42. The molecule has 0 radical (unpaired) electrons. The number of hydrogen-bond acceptors (Lipinski definition) is 4. The van der Waals surface area contributed by atoms with Gasteiger partial charge in [-0.05, 0) is 31.4 Å². The highest BCUT2D eigenvalue weighted by atomic mass is 16.5. The molecule has 3 atom stereocenters. The summed E-state index contributed by atoms with van der Waals surface area (Å²) in [5, 5.41) is 13.3. The average molecular weight is 295 g/mol. The molecule has 3 unspecified atom stereocenters. The second kappa shape index (κ2) is 9.64. The third-order valence-corrected chi connectivity index (χ3v) is 3.64. The highest BCUT2D eigenvalue weighted by molar-refractivity contribution is 5.32. The molecular weight excluding hydrogens is 266 g/mol. The van der Waals surface area contributed by atoms with E-state index in [1.807, 2.05) is 24.3 Å². The fourth-order valence-corrected chi connectivity index (χ4v) is 2.13. The molecule has 21 heavy (non-hydrogen) atoms. The number of ether oxygens (including phenoxy) is 2. The van der Waals surface area contributed by atoms with Crippen molar-refractivity contribution in [3.8, 4) is 11.5 Å². The van der Waals surface area contributed by atoms with E-state index in [0.717, 1.165) is 12.2 Å². The van der Waals surface area contributed by atoms with Gasteiger partial charge in [0.2, 0.25) is 0 Å². The Balaban J connectivity index is 2.25. The van der Waals surface area contributed by atoms with Gasteiger partial charge in [0, 0.05) is 18.7 Å². The highest BCUT2D eigenvalue weighted by Gasteiger charge is 2.10. The first-order valence-electron chi connectivity index (χ1n) is 7.73. The first-order valence-corrected chi connectivity index (χ1v) is 7.73. The van der Waals surface area contributed by atoms with Crippen LogP contribution in [0.5, 0.6) is 11.5 Å². The normalized spacial score (nSPS) is 15.3. The second-order valence-electron chi connectivity index (χ2n) is 5.70. The summed E-state index contributed by atoms with van der Waals surface area (Å²) < 4.78 is 10.7. The van der Waals surface area contributed by atoms with Crippen molar-refractivity contribution in [1.82, 2.24) is 5.32 Å². The maximum Gasteiger partial charge on any atom is 0.123 e. The predicted octanol–water partition coefficient (Wildman–Crippen LogP) is 2.85. The van der Waals surface area contributed by atoms with Crippen LogP contribution in [-0.2, 0) is 0 Å². The van der Waals surface area contributed by atoms with Gasteiger partial charge in [-0.15, -0.1) is 0 Å². The minimum Gasteiger partial charge on any atom is -0.497 e. The van der Waals surface area contributed by atoms with Gasteiger partial charge < -0.3 is 19.9 Å². The van der Waals surface area contributed by atoms with Crippen LogP contribution in [-0.4, -0.2) is 37.5 Å². The van der Waals surface area contributed by atoms with Gasteiger partial charge in [-0.2, -0.15) is 0 Å². The fraction of sp³-hybridized carbons (Fsp3) is 0.647. The molecule has 0 amide bonds. The number of nitrogens with one attached hydrogen (secondary N) is 1. The molecule has 1 aromatic carbocycles. The molecule has 0 aromatic heterocycles. The van der Waals surface area contributed by atoms with Crippen molar-refractivity contribution in [2.75, 3.05) is 20.3 Å². The Morgan fingerprint density at radius 2 is 1.95 bits per heavy atom. The molecule has 0 bridgehead atoms. The first kappa shape index (κ1) is 17.8. The van der Waals surface area contributed by atoms with E-state index in [0.29, 0.717) is 24.3 Å². The Morgan fingerprint density at radius 1 is 1.24 bits per heavy atom. The minimum atomic E-state index is -0.518. The molecule has 1 rings (SSSR count). The van der Waals surface area contributed by atoms with Crippen LogP contribution in [0.15, 0.2) is 24.3 Å². The second-order valence-corrected chi connectivity index (χ2v) is 5.70. The van der Waals surface area contributed by atoms with Gasteiger partial charge in [0.1, 0.15) is 24.2 Å². The molecule has 2 N–H and O–H groups in total. The quantitative estimate of drug-likeness (QED) is 0.697. The zero-order chi connectivity index (χ0) is 15.7. The summed E-state index contributed by atoms with van der Waals surface area (Å²) in [4.78, 5) is 0. The van der Waals surface area contributed by atoms with E-state index < -0.39 is 6.10 Å². The van der Waals surface area contributed by atoms with Crippen LogP contribution in [0, 0.1) is 5.92 Å². The summed E-state index contributed by atoms with van der Waals surface area (Å²) in [6.07, 6.45) is 1.80. The van der Waals surface area contributed by atoms with Crippen LogP contribution >= 0.6 is 0 Å². The van der Waals surface area contributed by atoms with Gasteiger partial charge in [0.25, 0.3) is 0 Å². The molecule has 0 aliphatic rings. The summed E-state index contributed by atoms with van der Waals surface area (Å²) in [7, 11) is 1.62. The van der Waals surface area contributed by atoms with Crippen LogP contribution < -0.4 is 14.8 Å². The molecule has 0 fully saturated rings. The van der Waals surface area contributed by atoms with Gasteiger partial charge in [-0.25, -0.2) is 0 Å². The molecule has 4 heteroatoms. The predicted molar refractivity (Wildman–Crippen MR) is 86.0 cm³/mol. The Morgan fingerprint density at radius 3 is 2.62 bits per heavy atom. The smallest absolute Gasteiger partial charge is 0.123 e. The molecular formula is C17H29NO3. The summed E-state index contributed by atoms with van der Waals surface area (Å²) in [5.41, 5.74) is 0. The van der Waals surface area contributed by atoms with Crippen molar-refractivity contribution in [2.45, 2.75) is 45.8 Å². The van der Waals surface area contributed by atoms with Crippen molar-refractivity contribution in [3.05, 3.63) is 24.3 Å². The molecule has 0 aliphatic heterocycles. The van der Waals surface area contributed by atoms with E-state index in [2.05, 4.69) is 26.1 Å². The number of aliphatic hydroxyl groups is 1. The maximum atomic E-state index is 9.96. The van der Waals surface area contributed by atoms with Gasteiger partial charge >= 0.3 is 0 Å². The third-order valence-electron chi connectivity index (χ3n) is 3.64. The SMILES string of the molecule is CCC(C)CC(C)NCC(O)COc1cccc(OC)c1. The molecule has 0 saturated carbocycles. The Hall–Kier alpha value is -1.26. The Bertz CT molecular complexity index is 397. The van der Waals surface area contributed by atoms with Crippen molar-refractivity contribution in [3.63, 3.8) is 0 Å². The number of benzene rings is 1. The standard InChI is InChI=1S/C17H29NO3/c1-5-13(2)9-14(3)18-11-15(19)12-21-17-8-6-7-16(10-17)20-4/h6-8,10,13-15,18-19H,5,9,11-12H2,1-4H3. The van der Waals surface area contributed by atoms with Crippen LogP contribution in [0.2, 0.25) is 0 Å². The lowest BCUT2D eigenvalue weighted by Crippen LogP contribution is -2.37. The van der Waals surface area contributed by atoms with Crippen molar-refractivity contribution in [1.29, 1.82) is 0 Å². The van der Waals surface area contributed by atoms with Crippen molar-refractivity contribution >= 4 is 0 Å². The molecule has 0 saturated heterocycles. The van der Waals surface area contributed by atoms with E-state index in [9.17, 15) is 5.11 Å². The Kier molecular flexibility index (Phi) is 8.16. The molecule has 1 aromatic rings. The summed E-state index contributed by atoms with van der Waals surface area (Å²) in [5.74, 6) is 2.17. The van der Waals surface area contributed by atoms with Gasteiger partial charge in [-0.3, -0.25) is 0 Å². The van der Waals surface area contributed by atoms with Crippen LogP contribution in [0.1, 0.15) is 33.6 Å². The van der Waals surface area contributed by atoms with E-state index >= 15 is 0 Å². The zero-order valence-corrected chi connectivity index (χ0v) is 13.6. The van der Waals surface area contributed by atoms with Crippen molar-refractivity contribution < 1.29 is 14.6 Å². The van der Waals surface area contributed by atoms with E-state index in [1.54, 1.807) is 7.11 Å². The molecule has 120 valence electrons. The van der Waals surface area contributed by atoms with E-state index in [4.69, 9.17) is 9.47 Å². The number of methoxy groups -OCH3 is 1. The number of rotatable bonds is 10. The lowest BCUT2D eigenvalue weighted by molar-refractivity contribution is 0.103. The van der Waals surface area contributed by atoms with Crippen LogP contribution in [0.25, 0.3) is 0 Å². The number of hydrogen-bond donors (Lipinski definition) is 2. The Labute approximate surface area is 128 Å². The largest absolute Gasteiger partial charge is 0.497 e. The summed E-state index contributed by atoms with van der Waals surface area (Å²) in [6, 6.07) is 7.81. The minimum absolute atomic E-state index is 0.274. The average Bonchev–Trinajstić information content (AvgIpc) is 2.50. The van der Waals surface area contributed by atoms with Crippen molar-refractivity contribution in [2.24, 2.45) is 5.92 Å². The first-order chi connectivity index (χ1) is 10.0. The lowest BCUT2D eigenvalue weighted by atomic mass is 10.0. The lowest BCUT2D eigenvalue weighted by Gasteiger charge is -2.20. The maximum absolute atomic E-state index is 9.96. The highest BCUT2D eigenvalue weighted by Crippen LogP contribution is 2.18. The molecule has 0 heterocycles. The summed E-state index contributed by atoms with van der Waals surface area (Å²) >= 11 is 0. The van der Waals surface area contributed by atoms with E-state index in [-0.39, 0.29) is 6.61 Å².